The Balaban J connectivity index is 0.000000474. The second-order valence-electron chi connectivity index (χ2n) is 10.7. The van der Waals surface area contributed by atoms with Crippen molar-refractivity contribution in [1.82, 2.24) is 14.9 Å². The highest BCUT2D eigenvalue weighted by molar-refractivity contribution is 5.77. The van der Waals surface area contributed by atoms with Crippen molar-refractivity contribution < 1.29 is 14.0 Å². The van der Waals surface area contributed by atoms with Gasteiger partial charge in [-0.05, 0) is 81.3 Å². The fourth-order valence-corrected chi connectivity index (χ4v) is 4.82. The summed E-state index contributed by atoms with van der Waals surface area (Å²) in [7, 11) is 2.23. The van der Waals surface area contributed by atoms with Crippen molar-refractivity contribution >= 4 is 12.2 Å². The van der Waals surface area contributed by atoms with Crippen molar-refractivity contribution in [1.29, 1.82) is 0 Å². The van der Waals surface area contributed by atoms with Gasteiger partial charge in [0, 0.05) is 37.2 Å². The second kappa shape index (κ2) is 21.9. The van der Waals surface area contributed by atoms with Crippen molar-refractivity contribution in [2.75, 3.05) is 20.1 Å². The smallest absolute Gasteiger partial charge is 0.204 e. The number of rotatable bonds is 10. The Bertz CT molecular complexity index is 1160. The monoisotopic (exact) mass is 588 g/mol. The van der Waals surface area contributed by atoms with Gasteiger partial charge in [-0.15, -0.1) is 12.8 Å². The van der Waals surface area contributed by atoms with Crippen molar-refractivity contribution in [2.45, 2.75) is 91.4 Å². The molecule has 7 heteroatoms. The molecule has 1 saturated carbocycles. The molecule has 3 aromatic rings. The van der Waals surface area contributed by atoms with E-state index in [-0.39, 0.29) is 6.41 Å². The van der Waals surface area contributed by atoms with Crippen LogP contribution in [0.5, 0.6) is 0 Å². The summed E-state index contributed by atoms with van der Waals surface area (Å²) in [6.45, 7) is 8.62. The van der Waals surface area contributed by atoms with Crippen LogP contribution in [-0.2, 0) is 16.0 Å². The van der Waals surface area contributed by atoms with Gasteiger partial charge in [-0.1, -0.05) is 63.9 Å². The van der Waals surface area contributed by atoms with Crippen LogP contribution in [-0.4, -0.2) is 47.2 Å². The first-order chi connectivity index (χ1) is 21.0. The summed E-state index contributed by atoms with van der Waals surface area (Å²) in [6, 6.07) is 12.2. The molecule has 2 N–H and O–H groups in total. The molecule has 234 valence electrons. The number of nitrogens with two attached hydrogens (primary N) is 1. The number of aryl methyl sites for hydroxylation is 1. The molecule has 0 unspecified atom stereocenters. The Morgan fingerprint density at radius 1 is 0.953 bits per heavy atom. The Morgan fingerprint density at radius 2 is 1.56 bits per heavy atom. The van der Waals surface area contributed by atoms with Crippen molar-refractivity contribution in [3.8, 4) is 35.3 Å². The van der Waals surface area contributed by atoms with E-state index in [9.17, 15) is 4.79 Å². The molecule has 0 radical (unpaired) electrons. The number of unbranched alkanes of at least 4 members (excludes halogenated alkanes) is 3. The van der Waals surface area contributed by atoms with Gasteiger partial charge in [0.05, 0.1) is 6.20 Å². The molecule has 1 aliphatic carbocycles. The molecule has 1 aliphatic heterocycles. The standard InChI is InChI=1S/C23H26N2O2.C8H15N.C2H6.C2H2.CH3NO/c1-2-21(26)9-5-3-4-6-10-23-25-17-22(27-23)19-13-11-18(12-14-19)20-8-7-15-24-16-20;1-9-6-4-8(2-3-8)5-7-9;2*1-2;2-1-3/h7-8,11-17H,2-6,9-10H2,1H3;2-7H2,1H3;1-2H3;1-2H;1H,(H2,2,3). The van der Waals surface area contributed by atoms with Crippen LogP contribution in [0.15, 0.2) is 59.4 Å². The van der Waals surface area contributed by atoms with Crippen LogP contribution in [0, 0.1) is 18.3 Å². The maximum atomic E-state index is 11.3. The van der Waals surface area contributed by atoms with E-state index in [0.29, 0.717) is 18.6 Å². The van der Waals surface area contributed by atoms with Gasteiger partial charge < -0.3 is 15.1 Å². The van der Waals surface area contributed by atoms with Crippen LogP contribution >= 0.6 is 0 Å². The lowest BCUT2D eigenvalue weighted by Crippen LogP contribution is -2.30. The molecule has 1 spiro atoms. The first kappa shape index (κ1) is 37.3. The van der Waals surface area contributed by atoms with Crippen molar-refractivity contribution in [3.63, 3.8) is 0 Å². The first-order valence-electron chi connectivity index (χ1n) is 15.6. The summed E-state index contributed by atoms with van der Waals surface area (Å²) in [5.74, 6) is 1.95. The van der Waals surface area contributed by atoms with E-state index >= 15 is 0 Å². The normalized spacial score (nSPS) is 14.2. The number of carbonyl (C=O) groups excluding carboxylic acids is 2. The van der Waals surface area contributed by atoms with E-state index in [1.165, 1.54) is 38.8 Å². The minimum absolute atomic E-state index is 0.250. The molecule has 1 saturated heterocycles. The number of pyridine rings is 1. The van der Waals surface area contributed by atoms with Gasteiger partial charge in [-0.2, -0.15) is 0 Å². The zero-order valence-corrected chi connectivity index (χ0v) is 26.8. The van der Waals surface area contributed by atoms with Gasteiger partial charge in [0.1, 0.15) is 5.78 Å². The number of nitrogens with zero attached hydrogens (tertiary/aromatic N) is 3. The third-order valence-corrected chi connectivity index (χ3v) is 7.71. The van der Waals surface area contributed by atoms with E-state index in [1.54, 1.807) is 12.4 Å². The number of likely N-dealkylation sites (tertiary alicyclic amines) is 1. The zero-order valence-electron chi connectivity index (χ0n) is 26.8. The summed E-state index contributed by atoms with van der Waals surface area (Å²) in [6.07, 6.45) is 26.1. The number of carbonyl (C=O) groups is 2. The van der Waals surface area contributed by atoms with Gasteiger partial charge in [0.2, 0.25) is 6.41 Å². The number of hydrogen-bond donors (Lipinski definition) is 1. The van der Waals surface area contributed by atoms with Crippen LogP contribution in [0.4, 0.5) is 0 Å². The quantitative estimate of drug-likeness (QED) is 0.148. The van der Waals surface area contributed by atoms with Crippen LogP contribution in [0.3, 0.4) is 0 Å². The molecule has 2 aromatic heterocycles. The fraction of sp³-hybridized carbons (Fsp3) is 0.500. The molecule has 7 nitrogen and oxygen atoms in total. The number of piperidine rings is 1. The first-order valence-corrected chi connectivity index (χ1v) is 15.6. The summed E-state index contributed by atoms with van der Waals surface area (Å²) >= 11 is 0. The predicted octanol–water partition coefficient (Wildman–Crippen LogP) is 7.75. The highest BCUT2D eigenvalue weighted by Crippen LogP contribution is 2.53. The minimum atomic E-state index is 0.250. The SMILES string of the molecule is C#C.CC.CCC(=O)CCCCCCc1ncc(-c2ccc(-c3cccnc3)cc2)o1.CN1CCC2(CC1)CC2.NC=O. The van der Waals surface area contributed by atoms with E-state index in [0.717, 1.165) is 65.9 Å². The second-order valence-corrected chi connectivity index (χ2v) is 10.7. The van der Waals surface area contributed by atoms with Crippen LogP contribution in [0.25, 0.3) is 22.5 Å². The number of benzene rings is 1. The molecule has 43 heavy (non-hydrogen) atoms. The maximum Gasteiger partial charge on any atom is 0.204 e. The lowest BCUT2D eigenvalue weighted by atomic mass is 9.94. The summed E-state index contributed by atoms with van der Waals surface area (Å²) in [5.41, 5.74) is 8.29. The number of terminal acetylenes is 1. The molecule has 0 bridgehead atoms. The molecular weight excluding hydrogens is 536 g/mol. The average molecular weight is 589 g/mol. The third kappa shape index (κ3) is 14.3. The highest BCUT2D eigenvalue weighted by atomic mass is 16.4. The van der Waals surface area contributed by atoms with Crippen LogP contribution in [0.2, 0.25) is 0 Å². The molecule has 1 amide bonds. The average Bonchev–Trinajstić information content (AvgIpc) is 3.66. The molecule has 0 atom stereocenters. The molecular formula is C36H52N4O3. The fourth-order valence-electron chi connectivity index (χ4n) is 4.82. The number of oxazole rings is 1. The molecule has 2 aliphatic rings. The Hall–Kier alpha value is -3.76. The Morgan fingerprint density at radius 3 is 2.12 bits per heavy atom. The lowest BCUT2D eigenvalue weighted by Gasteiger charge is -2.28. The number of amides is 1. The summed E-state index contributed by atoms with van der Waals surface area (Å²) in [4.78, 5) is 30.9. The predicted molar refractivity (Wildman–Crippen MR) is 177 cm³/mol. The molecule has 5 rings (SSSR count). The van der Waals surface area contributed by atoms with Crippen molar-refractivity contribution in [2.24, 2.45) is 11.1 Å². The topological polar surface area (TPSA) is 102 Å². The number of Topliss-reactive ketones (excluding diaryl/α,β-unsaturated/α-hetero) is 1. The Labute approximate surface area is 259 Å². The van der Waals surface area contributed by atoms with E-state index in [4.69, 9.17) is 9.21 Å². The van der Waals surface area contributed by atoms with Gasteiger partial charge in [-0.25, -0.2) is 4.98 Å². The van der Waals surface area contributed by atoms with Crippen LogP contribution < -0.4 is 5.73 Å². The van der Waals surface area contributed by atoms with Crippen LogP contribution in [0.1, 0.15) is 90.9 Å². The Kier molecular flexibility index (Phi) is 19.0. The van der Waals surface area contributed by atoms with Crippen molar-refractivity contribution in [3.05, 3.63) is 60.9 Å². The van der Waals surface area contributed by atoms with E-state index in [2.05, 4.69) is 64.8 Å². The summed E-state index contributed by atoms with van der Waals surface area (Å²) < 4.78 is 5.90. The largest absolute Gasteiger partial charge is 0.441 e. The van der Waals surface area contributed by atoms with Gasteiger partial charge in [-0.3, -0.25) is 14.6 Å². The summed E-state index contributed by atoms with van der Waals surface area (Å²) in [5, 5.41) is 0. The van der Waals surface area contributed by atoms with Gasteiger partial charge in [0.25, 0.3) is 0 Å². The number of primary amides is 1. The van der Waals surface area contributed by atoms with E-state index < -0.39 is 0 Å². The molecule has 2 fully saturated rings. The number of hydrogen-bond acceptors (Lipinski definition) is 6. The third-order valence-electron chi connectivity index (χ3n) is 7.71. The highest BCUT2D eigenvalue weighted by Gasteiger charge is 2.43. The lowest BCUT2D eigenvalue weighted by molar-refractivity contribution is -0.118. The van der Waals surface area contributed by atoms with Gasteiger partial charge in [0.15, 0.2) is 11.7 Å². The zero-order chi connectivity index (χ0) is 31.9. The maximum absolute atomic E-state index is 11.3. The number of ketones is 1. The molecule has 3 heterocycles. The van der Waals surface area contributed by atoms with Gasteiger partial charge >= 0.3 is 0 Å². The minimum Gasteiger partial charge on any atom is -0.441 e. The number of aromatic nitrogens is 2. The van der Waals surface area contributed by atoms with E-state index in [1.807, 2.05) is 39.1 Å². The molecule has 1 aromatic carbocycles.